The van der Waals surface area contributed by atoms with Gasteiger partial charge >= 0.3 is 36.4 Å². The summed E-state index contributed by atoms with van der Waals surface area (Å²) < 4.78 is 14.7. The summed E-state index contributed by atoms with van der Waals surface area (Å²) >= 11 is 0. The first-order valence-electron chi connectivity index (χ1n) is 17.1. The highest BCUT2D eigenvalue weighted by Gasteiger charge is 2.29. The maximum absolute atomic E-state index is 11.6. The Morgan fingerprint density at radius 2 is 0.788 bits per heavy atom. The Labute approximate surface area is 309 Å². The van der Waals surface area contributed by atoms with Crippen LogP contribution in [0, 0.1) is 81.3 Å². The van der Waals surface area contributed by atoms with Gasteiger partial charge in [0.2, 0.25) is 0 Å². The summed E-state index contributed by atoms with van der Waals surface area (Å²) in [6.45, 7) is 22.6. The molecule has 0 saturated carbocycles. The summed E-state index contributed by atoms with van der Waals surface area (Å²) in [4.78, 5) is 82.9. The molecule has 0 heterocycles. The van der Waals surface area contributed by atoms with Gasteiger partial charge in [0, 0.05) is 0 Å². The second kappa shape index (κ2) is 44.0. The topological polar surface area (TPSA) is 253 Å². The van der Waals surface area contributed by atoms with Crippen LogP contribution in [-0.4, -0.2) is 56.2 Å². The molecule has 0 saturated heterocycles. The predicted octanol–water partition coefficient (Wildman–Crippen LogP) is 5.90. The highest BCUT2D eigenvalue weighted by atomic mass is 16.5. The smallest absolute Gasteiger partial charge is 0.373 e. The van der Waals surface area contributed by atoms with Crippen molar-refractivity contribution in [1.82, 2.24) is 0 Å². The third-order valence-corrected chi connectivity index (χ3v) is 6.47. The first kappa shape index (κ1) is 59.2. The molecule has 0 aliphatic carbocycles. The SMILES string of the molecule is CCOC(=O)C(CC)C(C#N)CC(C)C.CCOC(=O)C(CC)[C@H](C#N)CC(C)C.CCOC(=O)C[C@@H](C#N)CC(C)C.O=C=O.O=C=O.O=C=O. The Kier molecular flexibility index (Phi) is 50.1. The highest BCUT2D eigenvalue weighted by Crippen LogP contribution is 2.25. The maximum Gasteiger partial charge on any atom is 0.373 e. The van der Waals surface area contributed by atoms with E-state index in [2.05, 4.69) is 45.9 Å². The first-order chi connectivity index (χ1) is 24.5. The van der Waals surface area contributed by atoms with Crippen LogP contribution in [0.15, 0.2) is 0 Å². The Balaban J connectivity index is -0.000000136. The molecule has 294 valence electrons. The second-order valence-corrected chi connectivity index (χ2v) is 12.0. The van der Waals surface area contributed by atoms with Gasteiger partial charge in [-0.25, -0.2) is 0 Å². The molecule has 0 aliphatic rings. The van der Waals surface area contributed by atoms with Crippen LogP contribution in [0.1, 0.15) is 115 Å². The van der Waals surface area contributed by atoms with Crippen LogP contribution in [0.3, 0.4) is 0 Å². The zero-order chi connectivity index (χ0) is 42.1. The van der Waals surface area contributed by atoms with E-state index in [4.69, 9.17) is 58.8 Å². The van der Waals surface area contributed by atoms with Gasteiger partial charge in [0.1, 0.15) is 0 Å². The summed E-state index contributed by atoms with van der Waals surface area (Å²) in [5.41, 5.74) is 0. The van der Waals surface area contributed by atoms with Crippen LogP contribution in [0.4, 0.5) is 0 Å². The Morgan fingerprint density at radius 1 is 0.500 bits per heavy atom. The van der Waals surface area contributed by atoms with Crippen molar-refractivity contribution in [2.75, 3.05) is 19.8 Å². The maximum atomic E-state index is 11.6. The summed E-state index contributed by atoms with van der Waals surface area (Å²) in [6, 6.07) is 6.57. The quantitative estimate of drug-likeness (QED) is 0.124. The minimum Gasteiger partial charge on any atom is -0.466 e. The zero-order valence-electron chi connectivity index (χ0n) is 32.7. The molecular formula is C37H59N3O12. The van der Waals surface area contributed by atoms with Crippen LogP contribution in [0.25, 0.3) is 0 Å². The van der Waals surface area contributed by atoms with Gasteiger partial charge in [0.15, 0.2) is 0 Å². The molecule has 0 rings (SSSR count). The molecule has 0 aliphatic heterocycles. The number of rotatable bonds is 17. The molecule has 5 atom stereocenters. The lowest BCUT2D eigenvalue weighted by molar-refractivity contribution is -0.193. The number of carbonyl (C=O) groups is 3. The Bertz CT molecular complexity index is 1070. The van der Waals surface area contributed by atoms with E-state index in [1.54, 1.807) is 20.8 Å². The molecule has 0 fully saturated rings. The number of carbonyl (C=O) groups excluding carboxylic acids is 9. The van der Waals surface area contributed by atoms with Gasteiger partial charge in [-0.3, -0.25) is 14.4 Å². The van der Waals surface area contributed by atoms with E-state index in [0.717, 1.165) is 19.3 Å². The fourth-order valence-corrected chi connectivity index (χ4v) is 4.53. The molecule has 0 bridgehead atoms. The van der Waals surface area contributed by atoms with E-state index in [0.29, 0.717) is 50.4 Å². The van der Waals surface area contributed by atoms with Crippen molar-refractivity contribution in [1.29, 1.82) is 15.8 Å². The molecule has 0 spiro atoms. The minimum absolute atomic E-state index is 0.195. The van der Waals surface area contributed by atoms with Gasteiger partial charge in [-0.1, -0.05) is 55.4 Å². The average molecular weight is 738 g/mol. The van der Waals surface area contributed by atoms with Crippen LogP contribution in [0.5, 0.6) is 0 Å². The van der Waals surface area contributed by atoms with Gasteiger partial charge in [-0.2, -0.15) is 44.6 Å². The fourth-order valence-electron chi connectivity index (χ4n) is 4.53. The molecule has 0 radical (unpaired) electrons. The van der Waals surface area contributed by atoms with E-state index < -0.39 is 0 Å². The molecule has 0 amide bonds. The number of esters is 3. The van der Waals surface area contributed by atoms with Gasteiger partial charge in [-0.05, 0) is 70.6 Å². The van der Waals surface area contributed by atoms with Crippen LogP contribution in [0.2, 0.25) is 0 Å². The Hall–Kier alpha value is -4.98. The van der Waals surface area contributed by atoms with E-state index in [1.165, 1.54) is 0 Å². The number of ether oxygens (including phenoxy) is 3. The molecular weight excluding hydrogens is 678 g/mol. The van der Waals surface area contributed by atoms with E-state index in [-0.39, 0.29) is 72.4 Å². The predicted molar refractivity (Wildman–Crippen MR) is 183 cm³/mol. The molecule has 15 heteroatoms. The van der Waals surface area contributed by atoms with Crippen LogP contribution < -0.4 is 0 Å². The molecule has 15 nitrogen and oxygen atoms in total. The number of nitrogens with zero attached hydrogens (tertiary/aromatic N) is 3. The van der Waals surface area contributed by atoms with E-state index in [1.807, 2.05) is 27.7 Å². The molecule has 3 unspecified atom stereocenters. The van der Waals surface area contributed by atoms with Gasteiger partial charge < -0.3 is 14.2 Å². The monoisotopic (exact) mass is 737 g/mol. The minimum atomic E-state index is -0.269. The van der Waals surface area contributed by atoms with Crippen molar-refractivity contribution in [3.8, 4) is 18.2 Å². The summed E-state index contributed by atoms with van der Waals surface area (Å²) in [6.07, 6.45) is 4.59. The van der Waals surface area contributed by atoms with Crippen molar-refractivity contribution in [2.24, 2.45) is 47.3 Å². The van der Waals surface area contributed by atoms with Crippen molar-refractivity contribution in [2.45, 2.75) is 115 Å². The largest absolute Gasteiger partial charge is 0.466 e. The van der Waals surface area contributed by atoms with Crippen molar-refractivity contribution < 1.29 is 57.4 Å². The second-order valence-electron chi connectivity index (χ2n) is 12.0. The van der Waals surface area contributed by atoms with Crippen molar-refractivity contribution in [3.63, 3.8) is 0 Å². The lowest BCUT2D eigenvalue weighted by Gasteiger charge is -2.20. The van der Waals surface area contributed by atoms with E-state index >= 15 is 0 Å². The third kappa shape index (κ3) is 41.2. The zero-order valence-corrected chi connectivity index (χ0v) is 32.7. The first-order valence-corrected chi connectivity index (χ1v) is 17.1. The summed E-state index contributed by atoms with van der Waals surface area (Å²) in [5.74, 6) is -0.582. The molecule has 0 aromatic rings. The van der Waals surface area contributed by atoms with Gasteiger partial charge in [0.05, 0.1) is 74.0 Å². The normalized spacial score (nSPS) is 11.8. The number of nitriles is 3. The van der Waals surface area contributed by atoms with Crippen LogP contribution in [-0.2, 0) is 57.4 Å². The van der Waals surface area contributed by atoms with Gasteiger partial charge in [-0.15, -0.1) is 0 Å². The standard InChI is InChI=1S/2C12H21NO2.C10H17NO2.3CO2/c2*1-5-11(12(14)15-6-2)10(8-13)7-9(3)4;1-4-13-10(12)6-9(7-11)5-8(2)3;3*2-1-3/h2*9-11H,5-7H2,1-4H3;8-9H,4-6H2,1-3H3;;;/t10-,11?;;9-;;;/m0.0.../s1. The fraction of sp³-hybridized carbons (Fsp3) is 0.757. The summed E-state index contributed by atoms with van der Waals surface area (Å²) in [7, 11) is 0. The molecule has 0 aromatic heterocycles. The number of hydrogen-bond donors (Lipinski definition) is 0. The lowest BCUT2D eigenvalue weighted by atomic mass is 9.85. The molecule has 52 heavy (non-hydrogen) atoms. The Morgan fingerprint density at radius 3 is 0.981 bits per heavy atom. The van der Waals surface area contributed by atoms with Crippen LogP contribution >= 0.6 is 0 Å². The number of hydrogen-bond acceptors (Lipinski definition) is 15. The average Bonchev–Trinajstić information content (AvgIpc) is 3.05. The van der Waals surface area contributed by atoms with Gasteiger partial charge in [0.25, 0.3) is 0 Å². The lowest BCUT2D eigenvalue weighted by Crippen LogP contribution is -2.25. The van der Waals surface area contributed by atoms with E-state index in [9.17, 15) is 14.4 Å². The molecule has 0 aromatic carbocycles. The van der Waals surface area contributed by atoms with Crippen molar-refractivity contribution >= 4 is 36.4 Å². The third-order valence-electron chi connectivity index (χ3n) is 6.47. The highest BCUT2D eigenvalue weighted by molar-refractivity contribution is 5.73. The molecule has 0 N–H and O–H groups in total. The summed E-state index contributed by atoms with van der Waals surface area (Å²) in [5, 5.41) is 26.8. The van der Waals surface area contributed by atoms with Crippen molar-refractivity contribution in [3.05, 3.63) is 0 Å².